The molecule has 0 saturated carbocycles. The number of nitrogens with zero attached hydrogens (tertiary/aromatic N) is 2. The number of aromatic hydroxyl groups is 1. The fourth-order valence-corrected chi connectivity index (χ4v) is 3.52. The number of carboxylic acid groups (broad SMARTS) is 1. The standard InChI is InChI=1S/C25H26N2O4/c1-16(11-18-5-7-19(8-6-18)14-26(3)4)23-13-24(29)21(25(30)31)15-27(23)22-10-9-20(28)12-17(22)2/h5-13,15,28H,14H2,1-4H3,(H,30,31)/b16-11+. The van der Waals surface area contributed by atoms with Gasteiger partial charge in [-0.25, -0.2) is 4.79 Å². The minimum absolute atomic E-state index is 0.118. The van der Waals surface area contributed by atoms with Crippen molar-refractivity contribution >= 4 is 17.6 Å². The Morgan fingerprint density at radius 1 is 1.10 bits per heavy atom. The van der Waals surface area contributed by atoms with Gasteiger partial charge in [-0.05, 0) is 74.5 Å². The van der Waals surface area contributed by atoms with Crippen LogP contribution in [0.4, 0.5) is 0 Å². The van der Waals surface area contributed by atoms with Crippen molar-refractivity contribution in [1.29, 1.82) is 0 Å². The number of aromatic carboxylic acids is 1. The van der Waals surface area contributed by atoms with Gasteiger partial charge in [-0.3, -0.25) is 4.79 Å². The lowest BCUT2D eigenvalue weighted by atomic mass is 10.0. The van der Waals surface area contributed by atoms with Gasteiger partial charge in [-0.2, -0.15) is 0 Å². The molecular formula is C25H26N2O4. The van der Waals surface area contributed by atoms with Crippen LogP contribution in [0.1, 0.15) is 39.7 Å². The normalized spacial score (nSPS) is 11.7. The summed E-state index contributed by atoms with van der Waals surface area (Å²) in [5.74, 6) is -1.16. The summed E-state index contributed by atoms with van der Waals surface area (Å²) in [5.41, 5.74) is 4.14. The first-order chi connectivity index (χ1) is 14.7. The van der Waals surface area contributed by atoms with E-state index in [4.69, 9.17) is 0 Å². The van der Waals surface area contributed by atoms with Gasteiger partial charge in [0.25, 0.3) is 0 Å². The molecule has 6 nitrogen and oxygen atoms in total. The Balaban J connectivity index is 2.12. The van der Waals surface area contributed by atoms with Gasteiger partial charge in [0, 0.05) is 24.5 Å². The van der Waals surface area contributed by atoms with Crippen molar-refractivity contribution in [3.63, 3.8) is 0 Å². The molecule has 0 atom stereocenters. The third-order valence-electron chi connectivity index (χ3n) is 4.99. The summed E-state index contributed by atoms with van der Waals surface area (Å²) in [6, 6.07) is 14.3. The van der Waals surface area contributed by atoms with E-state index in [1.807, 2.05) is 46.2 Å². The summed E-state index contributed by atoms with van der Waals surface area (Å²) in [4.78, 5) is 26.1. The number of carbonyl (C=O) groups is 1. The van der Waals surface area contributed by atoms with E-state index in [1.54, 1.807) is 16.7 Å². The third-order valence-corrected chi connectivity index (χ3v) is 4.99. The van der Waals surface area contributed by atoms with Crippen LogP contribution in [0.25, 0.3) is 17.3 Å². The van der Waals surface area contributed by atoms with E-state index < -0.39 is 11.4 Å². The van der Waals surface area contributed by atoms with Crippen LogP contribution in [0, 0.1) is 6.92 Å². The highest BCUT2D eigenvalue weighted by Crippen LogP contribution is 2.25. The number of rotatable bonds is 6. The highest BCUT2D eigenvalue weighted by atomic mass is 16.4. The Morgan fingerprint density at radius 2 is 1.77 bits per heavy atom. The van der Waals surface area contributed by atoms with Crippen molar-refractivity contribution in [1.82, 2.24) is 9.47 Å². The molecular weight excluding hydrogens is 392 g/mol. The second-order valence-corrected chi connectivity index (χ2v) is 7.89. The van der Waals surface area contributed by atoms with Gasteiger partial charge in [0.2, 0.25) is 0 Å². The van der Waals surface area contributed by atoms with Crippen LogP contribution < -0.4 is 5.43 Å². The quantitative estimate of drug-likeness (QED) is 0.628. The Bertz CT molecular complexity index is 1210. The smallest absolute Gasteiger partial charge is 0.341 e. The summed E-state index contributed by atoms with van der Waals surface area (Å²) in [6.07, 6.45) is 3.30. The molecule has 0 saturated heterocycles. The molecule has 0 fully saturated rings. The number of allylic oxidation sites excluding steroid dienone is 1. The number of aromatic nitrogens is 1. The van der Waals surface area contributed by atoms with Crippen LogP contribution >= 0.6 is 0 Å². The van der Waals surface area contributed by atoms with Crippen molar-refractivity contribution in [2.75, 3.05) is 14.1 Å². The number of hydrogen-bond donors (Lipinski definition) is 2. The molecule has 0 amide bonds. The van der Waals surface area contributed by atoms with E-state index in [9.17, 15) is 19.8 Å². The summed E-state index contributed by atoms with van der Waals surface area (Å²) in [5, 5.41) is 19.2. The van der Waals surface area contributed by atoms with Crippen LogP contribution in [-0.2, 0) is 6.54 Å². The number of phenolic OH excluding ortho intramolecular Hbond substituents is 1. The van der Waals surface area contributed by atoms with E-state index in [0.717, 1.165) is 23.2 Å². The molecule has 2 N–H and O–H groups in total. The lowest BCUT2D eigenvalue weighted by molar-refractivity contribution is 0.0694. The molecule has 0 spiro atoms. The second-order valence-electron chi connectivity index (χ2n) is 7.89. The molecule has 31 heavy (non-hydrogen) atoms. The highest BCUT2D eigenvalue weighted by Gasteiger charge is 2.16. The average Bonchev–Trinajstić information content (AvgIpc) is 2.69. The lowest BCUT2D eigenvalue weighted by Crippen LogP contribution is -2.19. The first kappa shape index (κ1) is 22.1. The van der Waals surface area contributed by atoms with E-state index in [1.165, 1.54) is 23.9 Å². The molecule has 1 heterocycles. The number of carboxylic acids is 1. The van der Waals surface area contributed by atoms with Crippen molar-refractivity contribution in [3.8, 4) is 11.4 Å². The first-order valence-corrected chi connectivity index (χ1v) is 9.88. The summed E-state index contributed by atoms with van der Waals surface area (Å²) >= 11 is 0. The van der Waals surface area contributed by atoms with Crippen LogP contribution in [0.5, 0.6) is 5.75 Å². The van der Waals surface area contributed by atoms with Crippen molar-refractivity contribution < 1.29 is 15.0 Å². The second kappa shape index (κ2) is 9.02. The number of aryl methyl sites for hydroxylation is 1. The zero-order valence-electron chi connectivity index (χ0n) is 18.1. The summed E-state index contributed by atoms with van der Waals surface area (Å²) < 4.78 is 1.69. The van der Waals surface area contributed by atoms with E-state index in [-0.39, 0.29) is 11.3 Å². The fourth-order valence-electron chi connectivity index (χ4n) is 3.52. The Hall–Kier alpha value is -3.64. The largest absolute Gasteiger partial charge is 0.508 e. The number of benzene rings is 2. The molecule has 0 bridgehead atoms. The molecule has 0 radical (unpaired) electrons. The van der Waals surface area contributed by atoms with Gasteiger partial charge in [0.05, 0.1) is 5.69 Å². The molecule has 3 aromatic rings. The number of pyridine rings is 1. The van der Waals surface area contributed by atoms with Crippen LogP contribution in [0.2, 0.25) is 0 Å². The monoisotopic (exact) mass is 418 g/mol. The maximum absolute atomic E-state index is 12.4. The Morgan fingerprint density at radius 3 is 2.35 bits per heavy atom. The highest BCUT2D eigenvalue weighted by molar-refractivity contribution is 5.88. The zero-order valence-corrected chi connectivity index (χ0v) is 18.1. The van der Waals surface area contributed by atoms with Gasteiger partial charge in [-0.1, -0.05) is 24.3 Å². The minimum Gasteiger partial charge on any atom is -0.508 e. The molecule has 6 heteroatoms. The van der Waals surface area contributed by atoms with E-state index in [2.05, 4.69) is 17.0 Å². The third kappa shape index (κ3) is 5.10. The molecule has 0 aliphatic carbocycles. The van der Waals surface area contributed by atoms with Gasteiger partial charge >= 0.3 is 5.97 Å². The van der Waals surface area contributed by atoms with Crippen molar-refractivity contribution in [2.45, 2.75) is 20.4 Å². The molecule has 0 aliphatic rings. The SMILES string of the molecule is C/C(=C\c1ccc(CN(C)C)cc1)c1cc(=O)c(C(=O)O)cn1-c1ccc(O)cc1C. The average molecular weight is 418 g/mol. The maximum Gasteiger partial charge on any atom is 0.341 e. The Labute approximate surface area is 181 Å². The molecule has 0 aliphatic heterocycles. The number of phenols is 1. The van der Waals surface area contributed by atoms with E-state index >= 15 is 0 Å². The molecule has 3 rings (SSSR count). The van der Waals surface area contributed by atoms with Crippen LogP contribution in [0.15, 0.2) is 59.5 Å². The summed E-state index contributed by atoms with van der Waals surface area (Å²) in [6.45, 7) is 4.55. The van der Waals surface area contributed by atoms with Gasteiger partial charge < -0.3 is 19.7 Å². The van der Waals surface area contributed by atoms with Crippen molar-refractivity contribution in [2.24, 2.45) is 0 Å². The fraction of sp³-hybridized carbons (Fsp3) is 0.200. The van der Waals surface area contributed by atoms with Gasteiger partial charge in [0.1, 0.15) is 11.3 Å². The maximum atomic E-state index is 12.4. The summed E-state index contributed by atoms with van der Waals surface area (Å²) in [7, 11) is 4.03. The predicted molar refractivity (Wildman–Crippen MR) is 123 cm³/mol. The lowest BCUT2D eigenvalue weighted by Gasteiger charge is -2.17. The predicted octanol–water partition coefficient (Wildman–Crippen LogP) is 4.17. The molecule has 160 valence electrons. The molecule has 2 aromatic carbocycles. The minimum atomic E-state index is -1.28. The molecule has 0 unspecified atom stereocenters. The number of hydrogen-bond acceptors (Lipinski definition) is 4. The topological polar surface area (TPSA) is 82.8 Å². The van der Waals surface area contributed by atoms with Crippen LogP contribution in [0.3, 0.4) is 0 Å². The Kier molecular flexibility index (Phi) is 6.42. The first-order valence-electron chi connectivity index (χ1n) is 9.88. The van der Waals surface area contributed by atoms with Crippen LogP contribution in [-0.4, -0.2) is 39.7 Å². The van der Waals surface area contributed by atoms with Gasteiger partial charge in [-0.15, -0.1) is 0 Å². The molecule has 1 aromatic heterocycles. The van der Waals surface area contributed by atoms with E-state index in [0.29, 0.717) is 11.4 Å². The van der Waals surface area contributed by atoms with Crippen molar-refractivity contribution in [3.05, 3.63) is 92.9 Å². The zero-order chi connectivity index (χ0) is 22.7. The van der Waals surface area contributed by atoms with Gasteiger partial charge in [0.15, 0.2) is 5.43 Å².